The molecule has 1 nitrogen and oxygen atoms in total. The van der Waals surface area contributed by atoms with Crippen LogP contribution in [0.4, 0.5) is 0 Å². The van der Waals surface area contributed by atoms with Crippen molar-refractivity contribution in [2.45, 2.75) is 97.6 Å². The molecule has 0 radical (unpaired) electrons. The maximum atomic E-state index is 3.86. The van der Waals surface area contributed by atoms with Crippen molar-refractivity contribution in [1.29, 1.82) is 0 Å². The van der Waals surface area contributed by atoms with E-state index in [0.29, 0.717) is 0 Å². The lowest BCUT2D eigenvalue weighted by Crippen LogP contribution is -2.39. The fourth-order valence-corrected chi connectivity index (χ4v) is 3.34. The molecule has 0 heterocycles. The van der Waals surface area contributed by atoms with E-state index in [-0.39, 0.29) is 0 Å². The first-order valence-electron chi connectivity index (χ1n) is 8.37. The highest BCUT2D eigenvalue weighted by molar-refractivity contribution is 4.79. The van der Waals surface area contributed by atoms with Gasteiger partial charge in [-0.2, -0.15) is 0 Å². The molecule has 1 fully saturated rings. The van der Waals surface area contributed by atoms with E-state index in [1.54, 1.807) is 0 Å². The van der Waals surface area contributed by atoms with Crippen molar-refractivity contribution in [2.75, 3.05) is 0 Å². The zero-order chi connectivity index (χ0) is 13.4. The highest BCUT2D eigenvalue weighted by atomic mass is 14.9. The predicted octanol–water partition coefficient (Wildman–Crippen LogP) is 5.15. The maximum Gasteiger partial charge on any atom is 0.00697 e. The Bertz CT molecular complexity index is 192. The van der Waals surface area contributed by atoms with Gasteiger partial charge in [-0.25, -0.2) is 0 Å². The standard InChI is InChI=1S/C17H35N/c1-5-7-16-10-12-17(13-11-16)18-15(4)9-6-8-14(2)3/h14-18H,5-13H2,1-4H3. The van der Waals surface area contributed by atoms with Crippen LogP contribution >= 0.6 is 0 Å². The minimum absolute atomic E-state index is 0.719. The second-order valence-corrected chi connectivity index (χ2v) is 6.90. The van der Waals surface area contributed by atoms with E-state index in [1.165, 1.54) is 57.8 Å². The molecule has 0 bridgehead atoms. The SMILES string of the molecule is CCCC1CCC(NC(C)CCCC(C)C)CC1. The summed E-state index contributed by atoms with van der Waals surface area (Å²) in [5.41, 5.74) is 0. The molecule has 0 amide bonds. The van der Waals surface area contributed by atoms with Crippen molar-refractivity contribution in [3.05, 3.63) is 0 Å². The van der Waals surface area contributed by atoms with E-state index in [9.17, 15) is 0 Å². The Morgan fingerprint density at radius 1 is 1.00 bits per heavy atom. The summed E-state index contributed by atoms with van der Waals surface area (Å²) >= 11 is 0. The van der Waals surface area contributed by atoms with Crippen LogP contribution in [0.25, 0.3) is 0 Å². The molecule has 1 heteroatoms. The second kappa shape index (κ2) is 8.96. The molecule has 0 spiro atoms. The third-order valence-electron chi connectivity index (χ3n) is 4.48. The molecule has 0 aromatic carbocycles. The smallest absolute Gasteiger partial charge is 0.00697 e. The van der Waals surface area contributed by atoms with E-state index in [4.69, 9.17) is 0 Å². The zero-order valence-electron chi connectivity index (χ0n) is 13.2. The fourth-order valence-electron chi connectivity index (χ4n) is 3.34. The molecule has 0 aromatic rings. The molecule has 108 valence electrons. The second-order valence-electron chi connectivity index (χ2n) is 6.90. The number of nitrogens with one attached hydrogen (secondary N) is 1. The quantitative estimate of drug-likeness (QED) is 0.631. The topological polar surface area (TPSA) is 12.0 Å². The molecule has 1 N–H and O–H groups in total. The largest absolute Gasteiger partial charge is 0.312 e. The average molecular weight is 253 g/mol. The lowest BCUT2D eigenvalue weighted by molar-refractivity contribution is 0.261. The molecular weight excluding hydrogens is 218 g/mol. The van der Waals surface area contributed by atoms with Gasteiger partial charge in [-0.1, -0.05) is 46.5 Å². The molecule has 0 aromatic heterocycles. The van der Waals surface area contributed by atoms with E-state index in [0.717, 1.165) is 23.9 Å². The van der Waals surface area contributed by atoms with Gasteiger partial charge in [0.05, 0.1) is 0 Å². The van der Waals surface area contributed by atoms with Gasteiger partial charge in [0.2, 0.25) is 0 Å². The van der Waals surface area contributed by atoms with Crippen molar-refractivity contribution in [3.8, 4) is 0 Å². The first kappa shape index (κ1) is 16.0. The third-order valence-corrected chi connectivity index (χ3v) is 4.48. The van der Waals surface area contributed by atoms with Crippen molar-refractivity contribution in [3.63, 3.8) is 0 Å². The lowest BCUT2D eigenvalue weighted by Gasteiger charge is -2.31. The molecule has 1 aliphatic carbocycles. The highest BCUT2D eigenvalue weighted by Crippen LogP contribution is 2.28. The highest BCUT2D eigenvalue weighted by Gasteiger charge is 2.21. The summed E-state index contributed by atoms with van der Waals surface area (Å²) < 4.78 is 0. The summed E-state index contributed by atoms with van der Waals surface area (Å²) in [5.74, 6) is 1.89. The lowest BCUT2D eigenvalue weighted by atomic mass is 9.83. The van der Waals surface area contributed by atoms with Gasteiger partial charge >= 0.3 is 0 Å². The van der Waals surface area contributed by atoms with Gasteiger partial charge in [0, 0.05) is 12.1 Å². The molecule has 1 unspecified atom stereocenters. The molecule has 18 heavy (non-hydrogen) atoms. The van der Waals surface area contributed by atoms with Gasteiger partial charge in [0.15, 0.2) is 0 Å². The third kappa shape index (κ3) is 6.78. The minimum atomic E-state index is 0.719. The molecule has 0 aliphatic heterocycles. The van der Waals surface area contributed by atoms with E-state index < -0.39 is 0 Å². The van der Waals surface area contributed by atoms with Crippen molar-refractivity contribution in [2.24, 2.45) is 11.8 Å². The fraction of sp³-hybridized carbons (Fsp3) is 1.00. The molecule has 1 atom stereocenters. The number of hydrogen-bond donors (Lipinski definition) is 1. The van der Waals surface area contributed by atoms with Crippen molar-refractivity contribution >= 4 is 0 Å². The molecule has 0 saturated heterocycles. The molecular formula is C17H35N. The zero-order valence-corrected chi connectivity index (χ0v) is 13.2. The Balaban J connectivity index is 2.08. The first-order chi connectivity index (χ1) is 8.61. The Morgan fingerprint density at radius 2 is 1.67 bits per heavy atom. The average Bonchev–Trinajstić information content (AvgIpc) is 2.31. The van der Waals surface area contributed by atoms with Crippen LogP contribution in [-0.2, 0) is 0 Å². The van der Waals surface area contributed by atoms with Crippen LogP contribution < -0.4 is 5.32 Å². The van der Waals surface area contributed by atoms with Gasteiger partial charge in [0.25, 0.3) is 0 Å². The summed E-state index contributed by atoms with van der Waals surface area (Å²) in [6, 6.07) is 1.53. The normalized spacial score (nSPS) is 26.5. The van der Waals surface area contributed by atoms with Crippen molar-refractivity contribution in [1.82, 2.24) is 5.32 Å². The van der Waals surface area contributed by atoms with Crippen LogP contribution in [0, 0.1) is 11.8 Å². The van der Waals surface area contributed by atoms with Crippen LogP contribution in [0.1, 0.15) is 85.5 Å². The summed E-state index contributed by atoms with van der Waals surface area (Å²) in [4.78, 5) is 0. The minimum Gasteiger partial charge on any atom is -0.312 e. The van der Waals surface area contributed by atoms with Gasteiger partial charge in [0.1, 0.15) is 0 Å². The van der Waals surface area contributed by atoms with Gasteiger partial charge in [-0.05, 0) is 50.9 Å². The Kier molecular flexibility index (Phi) is 7.97. The van der Waals surface area contributed by atoms with E-state index in [1.807, 2.05) is 0 Å². The van der Waals surface area contributed by atoms with Crippen LogP contribution in [-0.4, -0.2) is 12.1 Å². The molecule has 1 rings (SSSR count). The predicted molar refractivity (Wildman–Crippen MR) is 81.9 cm³/mol. The number of hydrogen-bond acceptors (Lipinski definition) is 1. The first-order valence-corrected chi connectivity index (χ1v) is 8.37. The van der Waals surface area contributed by atoms with Crippen LogP contribution in [0.5, 0.6) is 0 Å². The van der Waals surface area contributed by atoms with Crippen LogP contribution in [0.2, 0.25) is 0 Å². The molecule has 1 saturated carbocycles. The Labute approximate surface area is 115 Å². The monoisotopic (exact) mass is 253 g/mol. The van der Waals surface area contributed by atoms with Crippen LogP contribution in [0.3, 0.4) is 0 Å². The summed E-state index contributed by atoms with van der Waals surface area (Å²) in [5, 5.41) is 3.86. The Morgan fingerprint density at radius 3 is 2.22 bits per heavy atom. The maximum absolute atomic E-state index is 3.86. The van der Waals surface area contributed by atoms with Gasteiger partial charge in [-0.15, -0.1) is 0 Å². The summed E-state index contributed by atoms with van der Waals surface area (Å²) in [6.45, 7) is 9.35. The van der Waals surface area contributed by atoms with Crippen LogP contribution in [0.15, 0.2) is 0 Å². The van der Waals surface area contributed by atoms with Gasteiger partial charge in [-0.3, -0.25) is 0 Å². The summed E-state index contributed by atoms with van der Waals surface area (Å²) in [6.07, 6.45) is 12.7. The van der Waals surface area contributed by atoms with E-state index in [2.05, 4.69) is 33.0 Å². The van der Waals surface area contributed by atoms with E-state index >= 15 is 0 Å². The number of rotatable bonds is 8. The molecule has 1 aliphatic rings. The van der Waals surface area contributed by atoms with Crippen molar-refractivity contribution < 1.29 is 0 Å². The Hall–Kier alpha value is -0.0400. The summed E-state index contributed by atoms with van der Waals surface area (Å²) in [7, 11) is 0. The van der Waals surface area contributed by atoms with Gasteiger partial charge < -0.3 is 5.32 Å².